The van der Waals surface area contributed by atoms with Crippen molar-refractivity contribution in [2.45, 2.75) is 6.36 Å². The number of nitrogens with one attached hydrogen (secondary N) is 1. The SMILES string of the molecule is O=C(COC(=O)c1ccc(OC(F)(F)F)cc1)Nc1ccc(Cl)cc1. The van der Waals surface area contributed by atoms with Crippen LogP contribution in [0.2, 0.25) is 5.02 Å². The summed E-state index contributed by atoms with van der Waals surface area (Å²) in [6, 6.07) is 10.4. The van der Waals surface area contributed by atoms with E-state index in [4.69, 9.17) is 16.3 Å². The van der Waals surface area contributed by atoms with Gasteiger partial charge < -0.3 is 14.8 Å². The fraction of sp³-hybridized carbons (Fsp3) is 0.125. The first-order chi connectivity index (χ1) is 11.7. The van der Waals surface area contributed by atoms with Gasteiger partial charge in [-0.05, 0) is 48.5 Å². The van der Waals surface area contributed by atoms with E-state index in [0.29, 0.717) is 10.7 Å². The largest absolute Gasteiger partial charge is 0.573 e. The Bertz CT molecular complexity index is 745. The van der Waals surface area contributed by atoms with Crippen LogP contribution in [0.1, 0.15) is 10.4 Å². The highest BCUT2D eigenvalue weighted by molar-refractivity contribution is 6.30. The first kappa shape index (κ1) is 18.6. The highest BCUT2D eigenvalue weighted by Gasteiger charge is 2.31. The molecule has 0 aliphatic heterocycles. The second kappa shape index (κ2) is 7.89. The number of hydrogen-bond donors (Lipinski definition) is 1. The minimum atomic E-state index is -4.82. The summed E-state index contributed by atoms with van der Waals surface area (Å²) >= 11 is 5.71. The number of ether oxygens (including phenoxy) is 2. The van der Waals surface area contributed by atoms with Gasteiger partial charge in [0.1, 0.15) is 5.75 Å². The molecule has 0 atom stereocenters. The Morgan fingerprint density at radius 2 is 1.60 bits per heavy atom. The quantitative estimate of drug-likeness (QED) is 0.803. The maximum absolute atomic E-state index is 12.0. The Balaban J connectivity index is 1.85. The molecule has 0 saturated carbocycles. The van der Waals surface area contributed by atoms with Crippen LogP contribution in [0.5, 0.6) is 5.75 Å². The van der Waals surface area contributed by atoms with Gasteiger partial charge in [0.2, 0.25) is 0 Å². The van der Waals surface area contributed by atoms with Gasteiger partial charge in [-0.15, -0.1) is 13.2 Å². The Morgan fingerprint density at radius 1 is 1.00 bits per heavy atom. The zero-order valence-electron chi connectivity index (χ0n) is 12.5. The van der Waals surface area contributed by atoms with Crippen molar-refractivity contribution in [2.75, 3.05) is 11.9 Å². The number of alkyl halides is 3. The Hall–Kier alpha value is -2.74. The molecule has 0 aliphatic rings. The molecule has 9 heteroatoms. The maximum atomic E-state index is 12.0. The van der Waals surface area contributed by atoms with E-state index in [9.17, 15) is 22.8 Å². The minimum Gasteiger partial charge on any atom is -0.452 e. The Labute approximate surface area is 145 Å². The molecule has 2 aromatic rings. The summed E-state index contributed by atoms with van der Waals surface area (Å²) in [7, 11) is 0. The predicted molar refractivity (Wildman–Crippen MR) is 83.5 cm³/mol. The van der Waals surface area contributed by atoms with Crippen LogP contribution in [-0.4, -0.2) is 24.8 Å². The van der Waals surface area contributed by atoms with Crippen LogP contribution in [0.3, 0.4) is 0 Å². The molecule has 0 spiro atoms. The normalized spacial score (nSPS) is 10.9. The number of amides is 1. The molecule has 1 amide bonds. The van der Waals surface area contributed by atoms with Crippen molar-refractivity contribution in [3.05, 3.63) is 59.1 Å². The van der Waals surface area contributed by atoms with Crippen LogP contribution in [0.25, 0.3) is 0 Å². The van der Waals surface area contributed by atoms with Gasteiger partial charge >= 0.3 is 12.3 Å². The third-order valence-electron chi connectivity index (χ3n) is 2.79. The molecule has 25 heavy (non-hydrogen) atoms. The van der Waals surface area contributed by atoms with E-state index < -0.39 is 30.6 Å². The van der Waals surface area contributed by atoms with Crippen molar-refractivity contribution < 1.29 is 32.2 Å². The molecule has 0 heterocycles. The van der Waals surface area contributed by atoms with Gasteiger partial charge in [0.15, 0.2) is 6.61 Å². The minimum absolute atomic E-state index is 0.0196. The first-order valence-corrected chi connectivity index (χ1v) is 7.19. The van der Waals surface area contributed by atoms with Crippen molar-refractivity contribution >= 4 is 29.2 Å². The molecule has 1 N–H and O–H groups in total. The summed E-state index contributed by atoms with van der Waals surface area (Å²) < 4.78 is 44.6. The van der Waals surface area contributed by atoms with E-state index in [2.05, 4.69) is 10.1 Å². The Morgan fingerprint density at radius 3 is 2.16 bits per heavy atom. The summed E-state index contributed by atoms with van der Waals surface area (Å²) in [5.74, 6) is -1.90. The van der Waals surface area contributed by atoms with Crippen LogP contribution in [-0.2, 0) is 9.53 Å². The van der Waals surface area contributed by atoms with Crippen molar-refractivity contribution in [1.29, 1.82) is 0 Å². The zero-order chi connectivity index (χ0) is 18.4. The molecule has 2 rings (SSSR count). The first-order valence-electron chi connectivity index (χ1n) is 6.81. The number of hydrogen-bond acceptors (Lipinski definition) is 4. The van der Waals surface area contributed by atoms with Gasteiger partial charge in [0.25, 0.3) is 5.91 Å². The fourth-order valence-electron chi connectivity index (χ4n) is 1.74. The van der Waals surface area contributed by atoms with E-state index in [0.717, 1.165) is 24.3 Å². The molecule has 0 fully saturated rings. The van der Waals surface area contributed by atoms with Crippen molar-refractivity contribution in [3.8, 4) is 5.75 Å². The molecule has 2 aromatic carbocycles. The molecule has 0 bridgehead atoms. The summed E-state index contributed by atoms with van der Waals surface area (Å²) in [4.78, 5) is 23.4. The van der Waals surface area contributed by atoms with Crippen molar-refractivity contribution in [3.63, 3.8) is 0 Å². The molecule has 5 nitrogen and oxygen atoms in total. The average molecular weight is 374 g/mol. The lowest BCUT2D eigenvalue weighted by Crippen LogP contribution is -2.21. The van der Waals surface area contributed by atoms with E-state index in [-0.39, 0.29) is 5.56 Å². The van der Waals surface area contributed by atoms with Crippen LogP contribution in [0, 0.1) is 0 Å². The second-order valence-corrected chi connectivity index (χ2v) is 5.14. The van der Waals surface area contributed by atoms with Crippen molar-refractivity contribution in [2.24, 2.45) is 0 Å². The topological polar surface area (TPSA) is 64.6 Å². The second-order valence-electron chi connectivity index (χ2n) is 4.70. The van der Waals surface area contributed by atoms with E-state index >= 15 is 0 Å². The van der Waals surface area contributed by atoms with Crippen LogP contribution < -0.4 is 10.1 Å². The predicted octanol–water partition coefficient (Wildman–Crippen LogP) is 4.03. The van der Waals surface area contributed by atoms with Gasteiger partial charge in [-0.25, -0.2) is 4.79 Å². The molecular formula is C16H11ClF3NO4. The highest BCUT2D eigenvalue weighted by atomic mass is 35.5. The summed E-state index contributed by atoms with van der Waals surface area (Å²) in [5, 5.41) is 2.99. The smallest absolute Gasteiger partial charge is 0.452 e. The molecule has 0 radical (unpaired) electrons. The van der Waals surface area contributed by atoms with E-state index in [1.165, 1.54) is 0 Å². The molecule has 0 aromatic heterocycles. The monoisotopic (exact) mass is 373 g/mol. The van der Waals surface area contributed by atoms with Crippen LogP contribution in [0.4, 0.5) is 18.9 Å². The molecule has 132 valence electrons. The molecule has 0 saturated heterocycles. The third-order valence-corrected chi connectivity index (χ3v) is 3.04. The van der Waals surface area contributed by atoms with E-state index in [1.54, 1.807) is 24.3 Å². The maximum Gasteiger partial charge on any atom is 0.573 e. The number of halogens is 4. The Kier molecular flexibility index (Phi) is 5.87. The standard InChI is InChI=1S/C16H11ClF3NO4/c17-11-3-5-12(6-4-11)21-14(22)9-24-15(23)10-1-7-13(8-2-10)25-16(18,19)20/h1-8H,9H2,(H,21,22). The average Bonchev–Trinajstić information content (AvgIpc) is 2.54. The number of benzene rings is 2. The number of rotatable bonds is 5. The van der Waals surface area contributed by atoms with Crippen molar-refractivity contribution in [1.82, 2.24) is 0 Å². The number of carbonyl (C=O) groups is 2. The van der Waals surface area contributed by atoms with Gasteiger partial charge in [0.05, 0.1) is 5.56 Å². The number of carbonyl (C=O) groups excluding carboxylic acids is 2. The van der Waals surface area contributed by atoms with Gasteiger partial charge in [-0.3, -0.25) is 4.79 Å². The van der Waals surface area contributed by atoms with Crippen LogP contribution >= 0.6 is 11.6 Å². The third kappa shape index (κ3) is 6.34. The van der Waals surface area contributed by atoms with Gasteiger partial charge in [-0.2, -0.15) is 0 Å². The summed E-state index contributed by atoms with van der Waals surface area (Å²) in [6.07, 6.45) is -4.82. The molecule has 0 unspecified atom stereocenters. The fourth-order valence-corrected chi connectivity index (χ4v) is 1.86. The summed E-state index contributed by atoms with van der Waals surface area (Å²) in [5.41, 5.74) is 0.452. The highest BCUT2D eigenvalue weighted by Crippen LogP contribution is 2.22. The van der Waals surface area contributed by atoms with E-state index in [1.807, 2.05) is 0 Å². The lowest BCUT2D eigenvalue weighted by Gasteiger charge is -2.09. The molecular weight excluding hydrogens is 363 g/mol. The molecule has 0 aliphatic carbocycles. The van der Waals surface area contributed by atoms with Crippen LogP contribution in [0.15, 0.2) is 48.5 Å². The number of esters is 1. The van der Waals surface area contributed by atoms with Gasteiger partial charge in [-0.1, -0.05) is 11.6 Å². The summed E-state index contributed by atoms with van der Waals surface area (Å²) in [6.45, 7) is -0.553. The lowest BCUT2D eigenvalue weighted by atomic mass is 10.2. The van der Waals surface area contributed by atoms with Gasteiger partial charge in [0, 0.05) is 10.7 Å². The lowest BCUT2D eigenvalue weighted by molar-refractivity contribution is -0.274. The zero-order valence-corrected chi connectivity index (χ0v) is 13.2. The number of anilines is 1.